The van der Waals surface area contributed by atoms with E-state index in [9.17, 15) is 29.4 Å². The van der Waals surface area contributed by atoms with Crippen molar-refractivity contribution in [2.75, 3.05) is 32.6 Å². The number of nitrogens with two attached hydrogens (primary N) is 1. The van der Waals surface area contributed by atoms with E-state index in [2.05, 4.69) is 15.8 Å². The molecule has 1 aromatic heterocycles. The average Bonchev–Trinajstić information content (AvgIpc) is 3.56. The Balaban J connectivity index is 1.54. The number of hydrogen-bond donors (Lipinski definition) is 5. The number of rotatable bonds is 9. The summed E-state index contributed by atoms with van der Waals surface area (Å²) in [5.41, 5.74) is 6.50. The van der Waals surface area contributed by atoms with Crippen LogP contribution in [0.3, 0.4) is 0 Å². The van der Waals surface area contributed by atoms with Crippen LogP contribution >= 0.6 is 11.3 Å². The van der Waals surface area contributed by atoms with Gasteiger partial charge in [0.2, 0.25) is 0 Å². The van der Waals surface area contributed by atoms with Crippen molar-refractivity contribution in [1.82, 2.24) is 15.4 Å². The number of thiazole rings is 1. The third-order valence-electron chi connectivity index (χ3n) is 12.1. The molecule has 0 spiro atoms. The Morgan fingerprint density at radius 1 is 1.08 bits per heavy atom. The van der Waals surface area contributed by atoms with E-state index in [0.29, 0.717) is 17.1 Å². The van der Waals surface area contributed by atoms with Gasteiger partial charge in [-0.05, 0) is 78.7 Å². The first-order chi connectivity index (χ1) is 27.7. The number of anilines is 1. The van der Waals surface area contributed by atoms with Gasteiger partial charge in [-0.1, -0.05) is 45.1 Å². The number of likely N-dealkylation sites (N-methyl/N-ethyl adjacent to an activating group) is 1. The standard InChI is InChI=1S/C41H63N5O12S/c1-11-30-41(8,52)35-22(4)31(47)20(2)16-40(7,34(23(5)32(48)24(6)36(50)57-30)58-37-33(49)28(46(9)10)14-21(3)56-37)54-19-26(18-53-35)45-55-17-25-12-13-27-29(15-25)59-39(43-27)44-38(42)51/h12-13,15,20-24,26,28,30,33-35,37,45,49,52H,11,14,16-19H2,1-10H3,(H3,42,43,44,51)/t20-,21-,22+,23+,24-,26?,28+,30-,33-,34-,35-,37+,40-,41-/m1/s1. The highest BCUT2D eigenvalue weighted by atomic mass is 32.1. The number of hydroxylamine groups is 1. The van der Waals surface area contributed by atoms with E-state index in [1.807, 2.05) is 38.1 Å². The van der Waals surface area contributed by atoms with Crippen LogP contribution in [-0.2, 0) is 49.5 Å². The third-order valence-corrected chi connectivity index (χ3v) is 13.0. The number of cyclic esters (lactones) is 1. The molecule has 59 heavy (non-hydrogen) atoms. The lowest BCUT2D eigenvalue weighted by molar-refractivity contribution is -0.298. The summed E-state index contributed by atoms with van der Waals surface area (Å²) >= 11 is 1.26. The molecule has 3 aliphatic heterocycles. The predicted octanol–water partition coefficient (Wildman–Crippen LogP) is 3.32. The second kappa shape index (κ2) is 19.3. The van der Waals surface area contributed by atoms with Crippen LogP contribution in [0.5, 0.6) is 0 Å². The van der Waals surface area contributed by atoms with Gasteiger partial charge in [-0.25, -0.2) is 9.78 Å². The number of ketones is 2. The Kier molecular flexibility index (Phi) is 15.3. The summed E-state index contributed by atoms with van der Waals surface area (Å²) in [6, 6.07) is 3.76. The van der Waals surface area contributed by atoms with E-state index >= 15 is 0 Å². The lowest BCUT2D eigenvalue weighted by Crippen LogP contribution is -2.60. The molecule has 4 heterocycles. The zero-order chi connectivity index (χ0) is 43.6. The predicted molar refractivity (Wildman–Crippen MR) is 218 cm³/mol. The van der Waals surface area contributed by atoms with Crippen LogP contribution in [0, 0.1) is 23.7 Å². The molecule has 2 aromatic rings. The summed E-state index contributed by atoms with van der Waals surface area (Å²) in [7, 11) is 3.71. The lowest BCUT2D eigenvalue weighted by Gasteiger charge is -2.47. The topological polar surface area (TPSA) is 230 Å². The number of ether oxygens (including phenoxy) is 5. The molecule has 1 aromatic carbocycles. The second-order valence-electron chi connectivity index (χ2n) is 17.2. The molecular formula is C41H63N5O12S. The minimum absolute atomic E-state index is 0.0634. The number of hydrogen-bond acceptors (Lipinski definition) is 16. The zero-order valence-electron chi connectivity index (χ0n) is 35.8. The fraction of sp³-hybridized carbons (Fsp3) is 0.732. The molecule has 3 saturated heterocycles. The first kappa shape index (κ1) is 46.9. The molecule has 2 bridgehead atoms. The maximum atomic E-state index is 14.4. The van der Waals surface area contributed by atoms with Gasteiger partial charge in [-0.2, -0.15) is 5.48 Å². The fourth-order valence-corrected chi connectivity index (χ4v) is 9.69. The number of urea groups is 1. The summed E-state index contributed by atoms with van der Waals surface area (Å²) in [5.74, 6) is -5.46. The Morgan fingerprint density at radius 2 is 1.80 bits per heavy atom. The Morgan fingerprint density at radius 3 is 2.46 bits per heavy atom. The van der Waals surface area contributed by atoms with Crippen LogP contribution in [-0.4, -0.2) is 131 Å². The van der Waals surface area contributed by atoms with Crippen molar-refractivity contribution in [3.8, 4) is 0 Å². The van der Waals surface area contributed by atoms with Crippen LogP contribution in [0.4, 0.5) is 9.93 Å². The number of benzene rings is 1. The number of aliphatic hydroxyl groups is 2. The maximum absolute atomic E-state index is 14.4. The van der Waals surface area contributed by atoms with Gasteiger partial charge in [-0.15, -0.1) is 0 Å². The number of carbonyl (C=O) groups is 4. The number of amides is 2. The molecule has 330 valence electrons. The molecule has 0 radical (unpaired) electrons. The molecular weight excluding hydrogens is 787 g/mol. The summed E-state index contributed by atoms with van der Waals surface area (Å²) in [6.45, 7) is 13.3. The van der Waals surface area contributed by atoms with Crippen molar-refractivity contribution in [3.05, 3.63) is 23.8 Å². The number of nitrogens with zero attached hydrogens (tertiary/aromatic N) is 2. The van der Waals surface area contributed by atoms with E-state index in [4.69, 9.17) is 34.3 Å². The number of fused-ring (bicyclic) bond motifs is 6. The summed E-state index contributed by atoms with van der Waals surface area (Å²) in [5, 5.41) is 26.7. The SMILES string of the molecule is CC[C@H]1OC(=O)[C@H](C)C(=O)[C@H](C)[C@@H](O[C@@H]2O[C@H](C)C[C@H](N(C)C)[C@H]2O)[C@@]2(C)C[C@@H](C)C(=O)[C@H](C)[C@@H](OCC(NOCc3ccc4nc(NC(N)=O)sc4c3)CO2)[C@]1(C)O. The Labute approximate surface area is 349 Å². The third kappa shape index (κ3) is 10.7. The smallest absolute Gasteiger partial charge is 0.318 e. The first-order valence-corrected chi connectivity index (χ1v) is 21.2. The number of carbonyl (C=O) groups excluding carboxylic acids is 4. The number of nitrogens with one attached hydrogen (secondary N) is 2. The monoisotopic (exact) mass is 849 g/mol. The van der Waals surface area contributed by atoms with Gasteiger partial charge in [0.05, 0.1) is 60.0 Å². The molecule has 3 aliphatic rings. The molecule has 2 amide bonds. The van der Waals surface area contributed by atoms with Gasteiger partial charge in [0.15, 0.2) is 17.2 Å². The molecule has 14 atom stereocenters. The maximum Gasteiger partial charge on any atom is 0.318 e. The van der Waals surface area contributed by atoms with E-state index < -0.39 is 89.4 Å². The van der Waals surface area contributed by atoms with Crippen molar-refractivity contribution in [2.45, 2.75) is 141 Å². The highest BCUT2D eigenvalue weighted by Crippen LogP contribution is 2.40. The van der Waals surface area contributed by atoms with Crippen molar-refractivity contribution in [2.24, 2.45) is 29.4 Å². The van der Waals surface area contributed by atoms with Crippen molar-refractivity contribution < 1.29 is 57.9 Å². The van der Waals surface area contributed by atoms with Crippen LogP contribution in [0.15, 0.2) is 18.2 Å². The largest absolute Gasteiger partial charge is 0.459 e. The molecule has 0 aliphatic carbocycles. The lowest BCUT2D eigenvalue weighted by atomic mass is 9.74. The van der Waals surface area contributed by atoms with E-state index in [0.717, 1.165) is 10.3 Å². The second-order valence-corrected chi connectivity index (χ2v) is 18.2. The number of esters is 1. The van der Waals surface area contributed by atoms with E-state index in [-0.39, 0.29) is 50.6 Å². The van der Waals surface area contributed by atoms with Crippen molar-refractivity contribution in [1.29, 1.82) is 0 Å². The van der Waals surface area contributed by atoms with Crippen LogP contribution in [0.1, 0.15) is 80.2 Å². The molecule has 6 N–H and O–H groups in total. The van der Waals surface area contributed by atoms with Crippen LogP contribution in [0.25, 0.3) is 10.2 Å². The van der Waals surface area contributed by atoms with Crippen LogP contribution in [0.2, 0.25) is 0 Å². The van der Waals surface area contributed by atoms with Crippen LogP contribution < -0.4 is 16.5 Å². The molecule has 3 fully saturated rings. The highest BCUT2D eigenvalue weighted by Gasteiger charge is 2.53. The fourth-order valence-electron chi connectivity index (χ4n) is 8.76. The minimum atomic E-state index is -1.87. The zero-order valence-corrected chi connectivity index (χ0v) is 36.6. The highest BCUT2D eigenvalue weighted by molar-refractivity contribution is 7.22. The quantitative estimate of drug-likeness (QED) is 0.139. The summed E-state index contributed by atoms with van der Waals surface area (Å²) < 4.78 is 32.9. The number of primary amides is 1. The van der Waals surface area contributed by atoms with Gasteiger partial charge >= 0.3 is 12.0 Å². The van der Waals surface area contributed by atoms with Gasteiger partial charge in [0.1, 0.15) is 29.5 Å². The van der Waals surface area contributed by atoms with Crippen molar-refractivity contribution >= 4 is 50.3 Å². The Bertz CT molecular complexity index is 1810. The van der Waals surface area contributed by atoms with Crippen molar-refractivity contribution in [3.63, 3.8) is 0 Å². The molecule has 0 saturated carbocycles. The van der Waals surface area contributed by atoms with Gasteiger partial charge in [0.25, 0.3) is 0 Å². The first-order valence-electron chi connectivity index (χ1n) is 20.4. The molecule has 5 rings (SSSR count). The number of aromatic nitrogens is 1. The van der Waals surface area contributed by atoms with E-state index in [1.165, 1.54) is 25.2 Å². The average molecular weight is 850 g/mol. The van der Waals surface area contributed by atoms with Gasteiger partial charge in [0, 0.05) is 23.8 Å². The minimum Gasteiger partial charge on any atom is -0.459 e. The molecule has 1 unspecified atom stereocenters. The number of Topliss-reactive ketones (excluding diaryl/α,β-unsaturated/α-hetero) is 2. The van der Waals surface area contributed by atoms with E-state index in [1.54, 1.807) is 40.7 Å². The molecule has 17 nitrogen and oxygen atoms in total. The molecule has 18 heteroatoms. The van der Waals surface area contributed by atoms with Gasteiger partial charge in [-0.3, -0.25) is 24.5 Å². The Hall–Kier alpha value is -3.17. The van der Waals surface area contributed by atoms with Gasteiger partial charge < -0.3 is 44.5 Å². The summed E-state index contributed by atoms with van der Waals surface area (Å²) in [6.07, 6.45) is -5.27. The number of aliphatic hydroxyl groups excluding tert-OH is 1. The summed E-state index contributed by atoms with van der Waals surface area (Å²) in [4.78, 5) is 66.2. The normalized spacial score (nSPS) is 38.0.